The maximum absolute atomic E-state index is 13.8. The maximum Gasteiger partial charge on any atom is 0.329 e. The number of amides is 1. The summed E-state index contributed by atoms with van der Waals surface area (Å²) in [6.07, 6.45) is 5.10. The van der Waals surface area contributed by atoms with Gasteiger partial charge in [-0.1, -0.05) is 35.9 Å². The zero-order chi connectivity index (χ0) is 23.9. The van der Waals surface area contributed by atoms with Crippen LogP contribution in [0.25, 0.3) is 6.08 Å². The van der Waals surface area contributed by atoms with Gasteiger partial charge in [0.1, 0.15) is 11.8 Å². The van der Waals surface area contributed by atoms with Crippen LogP contribution in [-0.2, 0) is 14.3 Å². The summed E-state index contributed by atoms with van der Waals surface area (Å²) < 4.78 is 10.9. The molecule has 34 heavy (non-hydrogen) atoms. The topological polar surface area (TPSA) is 95.6 Å². The van der Waals surface area contributed by atoms with E-state index in [0.29, 0.717) is 16.5 Å². The van der Waals surface area contributed by atoms with Gasteiger partial charge in [0.25, 0.3) is 0 Å². The molecule has 0 radical (unpaired) electrons. The number of halogens is 1. The number of nitrogens with one attached hydrogen (secondary N) is 1. The van der Waals surface area contributed by atoms with Gasteiger partial charge in [0.05, 0.1) is 31.4 Å². The Morgan fingerprint density at radius 3 is 2.59 bits per heavy atom. The number of furan rings is 1. The zero-order valence-corrected chi connectivity index (χ0v) is 18.9. The Labute approximate surface area is 201 Å². The smallest absolute Gasteiger partial charge is 0.329 e. The van der Waals surface area contributed by atoms with Crippen molar-refractivity contribution in [2.24, 2.45) is 5.41 Å². The van der Waals surface area contributed by atoms with Crippen LogP contribution in [0.3, 0.4) is 0 Å². The first-order valence-electron chi connectivity index (χ1n) is 10.7. The van der Waals surface area contributed by atoms with Gasteiger partial charge in [-0.05, 0) is 53.6 Å². The number of nitriles is 1. The maximum atomic E-state index is 13.8. The van der Waals surface area contributed by atoms with Gasteiger partial charge in [0, 0.05) is 16.9 Å². The van der Waals surface area contributed by atoms with E-state index in [0.717, 1.165) is 11.1 Å². The van der Waals surface area contributed by atoms with Crippen LogP contribution in [0.4, 0.5) is 5.69 Å². The minimum absolute atomic E-state index is 0.350. The number of carbonyl (C=O) groups is 2. The molecular formula is C26H20ClN3O4. The Morgan fingerprint density at radius 1 is 1.15 bits per heavy atom. The number of rotatable bonds is 4. The van der Waals surface area contributed by atoms with Crippen molar-refractivity contribution < 1.29 is 18.7 Å². The lowest BCUT2D eigenvalue weighted by Gasteiger charge is -2.35. The van der Waals surface area contributed by atoms with E-state index in [9.17, 15) is 14.9 Å². The lowest BCUT2D eigenvalue weighted by molar-refractivity contribution is -0.151. The molecule has 5 rings (SSSR count). The fraction of sp³-hybridized carbons (Fsp3) is 0.192. The van der Waals surface area contributed by atoms with Crippen molar-refractivity contribution in [2.45, 2.75) is 18.0 Å². The quantitative estimate of drug-likeness (QED) is 0.549. The Hall–Kier alpha value is -4.02. The third-order valence-electron chi connectivity index (χ3n) is 6.51. The van der Waals surface area contributed by atoms with Crippen molar-refractivity contribution in [2.75, 3.05) is 12.4 Å². The predicted molar refractivity (Wildman–Crippen MR) is 125 cm³/mol. The molecule has 8 heteroatoms. The highest BCUT2D eigenvalue weighted by molar-refractivity contribution is 6.30. The van der Waals surface area contributed by atoms with Gasteiger partial charge in [-0.15, -0.1) is 0 Å². The SMILES string of the molecule is COC(=O)C1(C#N)C(c2ccco2)C(C(=O)Nc2ccc(Cl)cc2)N2C=Cc3ccccc3C21. The van der Waals surface area contributed by atoms with Gasteiger partial charge in [0.15, 0.2) is 5.41 Å². The minimum atomic E-state index is -1.74. The van der Waals surface area contributed by atoms with Gasteiger partial charge in [-0.2, -0.15) is 5.26 Å². The molecule has 3 aromatic rings. The van der Waals surface area contributed by atoms with Crippen LogP contribution in [0.15, 0.2) is 77.5 Å². The van der Waals surface area contributed by atoms with Gasteiger partial charge >= 0.3 is 5.97 Å². The number of benzene rings is 2. The van der Waals surface area contributed by atoms with E-state index in [-0.39, 0.29) is 0 Å². The van der Waals surface area contributed by atoms with E-state index in [2.05, 4.69) is 11.4 Å². The van der Waals surface area contributed by atoms with Crippen molar-refractivity contribution in [1.29, 1.82) is 5.26 Å². The number of anilines is 1. The fourth-order valence-corrected chi connectivity index (χ4v) is 5.24. The molecule has 1 amide bonds. The van der Waals surface area contributed by atoms with Gasteiger partial charge in [0.2, 0.25) is 5.91 Å². The largest absolute Gasteiger partial charge is 0.469 e. The molecular weight excluding hydrogens is 454 g/mol. The summed E-state index contributed by atoms with van der Waals surface area (Å²) in [6.45, 7) is 0. The molecule has 4 unspecified atom stereocenters. The second kappa shape index (κ2) is 8.40. The first-order chi connectivity index (χ1) is 16.5. The van der Waals surface area contributed by atoms with Gasteiger partial charge in [-0.3, -0.25) is 9.59 Å². The third kappa shape index (κ3) is 3.18. The fourth-order valence-electron chi connectivity index (χ4n) is 5.12. The zero-order valence-electron chi connectivity index (χ0n) is 18.1. The van der Waals surface area contributed by atoms with E-state index >= 15 is 0 Å². The number of hydrogen-bond donors (Lipinski definition) is 1. The molecule has 3 heterocycles. The summed E-state index contributed by atoms with van der Waals surface area (Å²) in [6, 6.07) is 18.1. The predicted octanol–water partition coefficient (Wildman–Crippen LogP) is 4.75. The van der Waals surface area contributed by atoms with Crippen LogP contribution in [0.1, 0.15) is 28.8 Å². The van der Waals surface area contributed by atoms with E-state index in [1.165, 1.54) is 13.4 Å². The molecule has 0 aliphatic carbocycles. The van der Waals surface area contributed by atoms with Crippen LogP contribution in [0.5, 0.6) is 0 Å². The average molecular weight is 474 g/mol. The minimum Gasteiger partial charge on any atom is -0.469 e. The Balaban J connectivity index is 1.70. The van der Waals surface area contributed by atoms with Crippen molar-refractivity contribution in [3.8, 4) is 6.07 Å². The summed E-state index contributed by atoms with van der Waals surface area (Å²) in [5.74, 6) is -1.70. The van der Waals surface area contributed by atoms with Crippen LogP contribution in [0.2, 0.25) is 5.02 Å². The normalized spacial score (nSPS) is 24.6. The summed E-state index contributed by atoms with van der Waals surface area (Å²) >= 11 is 5.98. The summed E-state index contributed by atoms with van der Waals surface area (Å²) in [5.41, 5.74) is 0.424. The number of carbonyl (C=O) groups excluding carboxylic acids is 2. The van der Waals surface area contributed by atoms with Gasteiger partial charge in [-0.25, -0.2) is 0 Å². The molecule has 170 valence electrons. The summed E-state index contributed by atoms with van der Waals surface area (Å²) in [7, 11) is 1.25. The Kier molecular flexibility index (Phi) is 5.39. The standard InChI is InChI=1S/C26H20ClN3O4/c1-33-25(32)26(15-28)21(20-7-4-14-34-20)22(24(31)29-18-10-8-17(27)9-11-18)30-13-12-16-5-2-3-6-19(16)23(26)30/h2-14,21-23H,1H3,(H,29,31). The number of methoxy groups -OCH3 is 1. The molecule has 0 bridgehead atoms. The molecule has 1 N–H and O–H groups in total. The lowest BCUT2D eigenvalue weighted by Crippen LogP contribution is -2.42. The van der Waals surface area contributed by atoms with Crippen LogP contribution in [-0.4, -0.2) is 29.9 Å². The molecule has 2 aromatic carbocycles. The number of esters is 1. The van der Waals surface area contributed by atoms with Crippen molar-refractivity contribution in [1.82, 2.24) is 4.90 Å². The molecule has 0 spiro atoms. The van der Waals surface area contributed by atoms with Crippen LogP contribution in [0, 0.1) is 16.7 Å². The Bertz CT molecular complexity index is 1310. The molecule has 1 aromatic heterocycles. The van der Waals surface area contributed by atoms with E-state index in [1.807, 2.05) is 30.3 Å². The Morgan fingerprint density at radius 2 is 1.91 bits per heavy atom. The first kappa shape index (κ1) is 21.8. The molecule has 7 nitrogen and oxygen atoms in total. The molecule has 1 saturated heterocycles. The number of nitrogens with zero attached hydrogens (tertiary/aromatic N) is 2. The monoisotopic (exact) mass is 473 g/mol. The van der Waals surface area contributed by atoms with Gasteiger partial charge < -0.3 is 19.4 Å². The molecule has 2 aliphatic rings. The summed E-state index contributed by atoms with van der Waals surface area (Å²) in [4.78, 5) is 28.9. The highest BCUT2D eigenvalue weighted by atomic mass is 35.5. The van der Waals surface area contributed by atoms with E-state index in [1.54, 1.807) is 47.5 Å². The van der Waals surface area contributed by atoms with Crippen molar-refractivity contribution >= 4 is 35.2 Å². The first-order valence-corrected chi connectivity index (χ1v) is 11.0. The number of fused-ring (bicyclic) bond motifs is 3. The van der Waals surface area contributed by atoms with E-state index in [4.69, 9.17) is 20.8 Å². The molecule has 2 aliphatic heterocycles. The van der Waals surface area contributed by atoms with Crippen molar-refractivity contribution in [3.63, 3.8) is 0 Å². The second-order valence-corrected chi connectivity index (χ2v) is 8.64. The number of ether oxygens (including phenoxy) is 1. The van der Waals surface area contributed by atoms with Crippen LogP contribution >= 0.6 is 11.6 Å². The second-order valence-electron chi connectivity index (χ2n) is 8.20. The van der Waals surface area contributed by atoms with Crippen molar-refractivity contribution in [3.05, 3.63) is 95.0 Å². The highest BCUT2D eigenvalue weighted by Gasteiger charge is 2.68. The molecule has 1 fully saturated rings. The average Bonchev–Trinajstić information content (AvgIpc) is 3.49. The van der Waals surface area contributed by atoms with E-state index < -0.39 is 35.3 Å². The third-order valence-corrected chi connectivity index (χ3v) is 6.76. The lowest BCUT2D eigenvalue weighted by atomic mass is 9.68. The highest BCUT2D eigenvalue weighted by Crippen LogP contribution is 2.60. The van der Waals surface area contributed by atoms with Crippen LogP contribution < -0.4 is 5.32 Å². The summed E-state index contributed by atoms with van der Waals surface area (Å²) in [5, 5.41) is 14.0. The molecule has 4 atom stereocenters. The number of hydrogen-bond acceptors (Lipinski definition) is 6. The molecule has 0 saturated carbocycles.